The summed E-state index contributed by atoms with van der Waals surface area (Å²) in [5, 5.41) is 15.5. The number of aromatic nitrogens is 5. The summed E-state index contributed by atoms with van der Waals surface area (Å²) < 4.78 is 1.13. The van der Waals surface area contributed by atoms with Crippen molar-refractivity contribution in [3.05, 3.63) is 51.6 Å². The molecule has 0 radical (unpaired) electrons. The number of nitrogens with zero attached hydrogens (tertiary/aromatic N) is 4. The van der Waals surface area contributed by atoms with Crippen molar-refractivity contribution in [1.82, 2.24) is 25.0 Å². The van der Waals surface area contributed by atoms with Crippen molar-refractivity contribution < 1.29 is 4.79 Å². The maximum absolute atomic E-state index is 12.1. The highest BCUT2D eigenvalue weighted by Crippen LogP contribution is 2.15. The molecule has 0 aliphatic rings. The summed E-state index contributed by atoms with van der Waals surface area (Å²) in [4.78, 5) is 26.4. The van der Waals surface area contributed by atoms with Crippen LogP contribution in [0, 0.1) is 0 Å². The molecule has 0 spiro atoms. The fourth-order valence-corrected chi connectivity index (χ4v) is 2.45. The van der Waals surface area contributed by atoms with Gasteiger partial charge in [0.25, 0.3) is 5.91 Å². The third-order valence-electron chi connectivity index (χ3n) is 2.82. The largest absolute Gasteiger partial charge is 0.348 e. The molecule has 2 heterocycles. The van der Waals surface area contributed by atoms with E-state index in [4.69, 9.17) is 0 Å². The predicted molar refractivity (Wildman–Crippen MR) is 81.4 cm³/mol. The van der Waals surface area contributed by atoms with Crippen LogP contribution in [-0.2, 0) is 6.42 Å². The molecule has 112 valence electrons. The Morgan fingerprint density at radius 2 is 2.09 bits per heavy atom. The molecule has 0 saturated carbocycles. The summed E-state index contributed by atoms with van der Waals surface area (Å²) in [6.45, 7) is 1.95. The second-order valence-corrected chi connectivity index (χ2v) is 5.40. The van der Waals surface area contributed by atoms with Crippen molar-refractivity contribution in [2.75, 3.05) is 5.32 Å². The first-order chi connectivity index (χ1) is 10.7. The van der Waals surface area contributed by atoms with E-state index in [-0.39, 0.29) is 5.82 Å². The average molecular weight is 316 g/mol. The number of para-hydroxylation sites is 1. The average Bonchev–Trinajstić information content (AvgIpc) is 3.14. The van der Waals surface area contributed by atoms with E-state index in [1.54, 1.807) is 24.3 Å². The molecule has 0 aliphatic carbocycles. The molecule has 1 aromatic carbocycles. The topological polar surface area (TPSA) is 106 Å². The van der Waals surface area contributed by atoms with Crippen LogP contribution in [0.25, 0.3) is 5.69 Å². The van der Waals surface area contributed by atoms with Crippen LogP contribution in [0.15, 0.2) is 35.1 Å². The highest BCUT2D eigenvalue weighted by Gasteiger charge is 2.16. The lowest BCUT2D eigenvalue weighted by atomic mass is 10.3. The lowest BCUT2D eigenvalue weighted by Gasteiger charge is -1.97. The first-order valence-corrected chi connectivity index (χ1v) is 7.37. The third-order valence-corrected chi connectivity index (χ3v) is 3.81. The van der Waals surface area contributed by atoms with Crippen LogP contribution in [0.5, 0.6) is 0 Å². The summed E-state index contributed by atoms with van der Waals surface area (Å²) in [5.74, 6) is -0.618. The lowest BCUT2D eigenvalue weighted by molar-refractivity contribution is 0.101. The van der Waals surface area contributed by atoms with E-state index in [9.17, 15) is 9.59 Å². The Morgan fingerprint density at radius 1 is 1.32 bits per heavy atom. The number of aromatic amines is 1. The van der Waals surface area contributed by atoms with Gasteiger partial charge in [0.2, 0.25) is 11.0 Å². The molecule has 9 heteroatoms. The van der Waals surface area contributed by atoms with Crippen molar-refractivity contribution in [1.29, 1.82) is 0 Å². The van der Waals surface area contributed by atoms with E-state index < -0.39 is 11.6 Å². The van der Waals surface area contributed by atoms with Crippen LogP contribution in [0.2, 0.25) is 0 Å². The summed E-state index contributed by atoms with van der Waals surface area (Å²) in [6.07, 6.45) is 0.743. The number of aryl methyl sites for hydroxylation is 1. The molecule has 3 aromatic rings. The van der Waals surface area contributed by atoms with Gasteiger partial charge in [0.05, 0.1) is 5.69 Å². The number of anilines is 1. The van der Waals surface area contributed by atoms with Gasteiger partial charge >= 0.3 is 5.69 Å². The molecule has 3 rings (SSSR count). The molecule has 0 atom stereocenters. The predicted octanol–water partition coefficient (Wildman–Crippen LogP) is 1.23. The zero-order valence-electron chi connectivity index (χ0n) is 11.6. The van der Waals surface area contributed by atoms with Crippen LogP contribution < -0.4 is 11.0 Å². The summed E-state index contributed by atoms with van der Waals surface area (Å²) in [6, 6.07) is 8.84. The minimum Gasteiger partial charge on any atom is -0.294 e. The maximum Gasteiger partial charge on any atom is 0.348 e. The molecule has 0 bridgehead atoms. The number of amides is 1. The molecular formula is C13H12N6O2S. The minimum absolute atomic E-state index is 0.0814. The van der Waals surface area contributed by atoms with Crippen LogP contribution in [0.3, 0.4) is 0 Å². The molecule has 0 aliphatic heterocycles. The Bertz CT molecular complexity index is 851. The Hall–Kier alpha value is -2.81. The third kappa shape index (κ3) is 2.79. The monoisotopic (exact) mass is 316 g/mol. The van der Waals surface area contributed by atoms with Gasteiger partial charge in [-0.3, -0.25) is 15.1 Å². The molecule has 8 nitrogen and oxygen atoms in total. The number of H-pyrrole nitrogens is 1. The fourth-order valence-electron chi connectivity index (χ4n) is 1.77. The minimum atomic E-state index is -0.536. The Labute approximate surface area is 128 Å². The van der Waals surface area contributed by atoms with Crippen LogP contribution in [0.1, 0.15) is 22.6 Å². The number of hydrogen-bond donors (Lipinski definition) is 2. The summed E-state index contributed by atoms with van der Waals surface area (Å²) in [5.41, 5.74) is 0.0924. The molecule has 2 N–H and O–H groups in total. The quantitative estimate of drug-likeness (QED) is 0.753. The van der Waals surface area contributed by atoms with Crippen molar-refractivity contribution >= 4 is 22.4 Å². The number of hydrogen-bond acceptors (Lipinski definition) is 6. The molecule has 0 unspecified atom stereocenters. The van der Waals surface area contributed by atoms with Gasteiger partial charge in [-0.25, -0.2) is 4.79 Å². The van der Waals surface area contributed by atoms with Gasteiger partial charge < -0.3 is 0 Å². The highest BCUT2D eigenvalue weighted by atomic mass is 32.1. The number of carbonyl (C=O) groups is 1. The molecule has 0 saturated heterocycles. The SMILES string of the molecule is CCc1nnc(NC(=O)c2nn(-c3ccccc3)c(=O)[nH]2)s1. The van der Waals surface area contributed by atoms with Gasteiger partial charge in [-0.05, 0) is 18.6 Å². The van der Waals surface area contributed by atoms with Gasteiger partial charge in [-0.1, -0.05) is 36.5 Å². The van der Waals surface area contributed by atoms with Gasteiger partial charge in [0, 0.05) is 0 Å². The summed E-state index contributed by atoms with van der Waals surface area (Å²) >= 11 is 1.28. The number of rotatable bonds is 4. The lowest BCUT2D eigenvalue weighted by Crippen LogP contribution is -2.15. The van der Waals surface area contributed by atoms with Crippen molar-refractivity contribution in [2.24, 2.45) is 0 Å². The number of nitrogens with one attached hydrogen (secondary N) is 2. The Morgan fingerprint density at radius 3 is 2.77 bits per heavy atom. The van der Waals surface area contributed by atoms with Gasteiger partial charge in [-0.2, -0.15) is 4.68 Å². The summed E-state index contributed by atoms with van der Waals surface area (Å²) in [7, 11) is 0. The van der Waals surface area contributed by atoms with E-state index in [0.717, 1.165) is 16.1 Å². The van der Waals surface area contributed by atoms with E-state index in [1.807, 2.05) is 13.0 Å². The van der Waals surface area contributed by atoms with E-state index in [0.29, 0.717) is 10.8 Å². The Kier molecular flexibility index (Phi) is 3.79. The number of carbonyl (C=O) groups excluding carboxylic acids is 1. The fraction of sp³-hybridized carbons (Fsp3) is 0.154. The highest BCUT2D eigenvalue weighted by molar-refractivity contribution is 7.15. The second-order valence-electron chi connectivity index (χ2n) is 4.33. The van der Waals surface area contributed by atoms with Crippen LogP contribution in [-0.4, -0.2) is 30.9 Å². The van der Waals surface area contributed by atoms with Crippen LogP contribution in [0.4, 0.5) is 5.13 Å². The van der Waals surface area contributed by atoms with Gasteiger partial charge in [-0.15, -0.1) is 15.3 Å². The van der Waals surface area contributed by atoms with Crippen molar-refractivity contribution in [3.63, 3.8) is 0 Å². The molecular weight excluding hydrogens is 304 g/mol. The number of benzene rings is 1. The first kappa shape index (κ1) is 14.1. The van der Waals surface area contributed by atoms with E-state index >= 15 is 0 Å². The molecule has 0 fully saturated rings. The molecule has 22 heavy (non-hydrogen) atoms. The molecule has 2 aromatic heterocycles. The van der Waals surface area contributed by atoms with Gasteiger partial charge in [0.1, 0.15) is 5.01 Å². The van der Waals surface area contributed by atoms with E-state index in [1.165, 1.54) is 11.3 Å². The smallest absolute Gasteiger partial charge is 0.294 e. The van der Waals surface area contributed by atoms with Crippen LogP contribution >= 0.6 is 11.3 Å². The molecule has 1 amide bonds. The standard InChI is InChI=1S/C13H12N6O2S/c1-2-9-16-17-12(22-9)15-11(20)10-14-13(21)19(18-10)8-6-4-3-5-7-8/h3-7H,2H2,1H3,(H,14,18,21)(H,15,17,20). The van der Waals surface area contributed by atoms with Crippen molar-refractivity contribution in [3.8, 4) is 5.69 Å². The zero-order chi connectivity index (χ0) is 15.5. The first-order valence-electron chi connectivity index (χ1n) is 6.56. The van der Waals surface area contributed by atoms with E-state index in [2.05, 4.69) is 25.6 Å². The van der Waals surface area contributed by atoms with Crippen molar-refractivity contribution in [2.45, 2.75) is 13.3 Å². The second kappa shape index (κ2) is 5.90. The zero-order valence-corrected chi connectivity index (χ0v) is 12.4. The normalized spacial score (nSPS) is 10.6. The Balaban J connectivity index is 1.83. The maximum atomic E-state index is 12.1. The van der Waals surface area contributed by atoms with Gasteiger partial charge in [0.15, 0.2) is 0 Å².